The van der Waals surface area contributed by atoms with E-state index in [1.165, 1.54) is 30.1 Å². The number of hydrogen-bond acceptors (Lipinski definition) is 8. The zero-order chi connectivity index (χ0) is 23.7. The fourth-order valence-corrected chi connectivity index (χ4v) is 4.90. The van der Waals surface area contributed by atoms with Crippen LogP contribution in [0.25, 0.3) is 6.08 Å². The number of thiazole rings is 1. The van der Waals surface area contributed by atoms with Gasteiger partial charge in [0.2, 0.25) is 0 Å². The Labute approximate surface area is 194 Å². The van der Waals surface area contributed by atoms with Gasteiger partial charge in [0.15, 0.2) is 16.3 Å². The molecule has 1 aromatic carbocycles. The van der Waals surface area contributed by atoms with Crippen molar-refractivity contribution in [2.45, 2.75) is 26.8 Å². The molecule has 33 heavy (non-hydrogen) atoms. The number of furan rings is 1. The molecule has 1 aliphatic rings. The quantitative estimate of drug-likeness (QED) is 0.517. The topological polar surface area (TPSA) is 92.3 Å². The molecule has 0 N–H and O–H groups in total. The van der Waals surface area contributed by atoms with Gasteiger partial charge in [0.1, 0.15) is 17.6 Å². The van der Waals surface area contributed by atoms with Gasteiger partial charge in [0.25, 0.3) is 5.56 Å². The van der Waals surface area contributed by atoms with Crippen molar-refractivity contribution in [3.8, 4) is 11.5 Å². The van der Waals surface area contributed by atoms with Gasteiger partial charge in [0, 0.05) is 11.6 Å². The molecule has 0 saturated heterocycles. The van der Waals surface area contributed by atoms with E-state index in [1.807, 2.05) is 13.0 Å². The third-order valence-electron chi connectivity index (χ3n) is 5.28. The maximum Gasteiger partial charge on any atom is 0.338 e. The highest BCUT2D eigenvalue weighted by molar-refractivity contribution is 7.07. The average molecular weight is 469 g/mol. The average Bonchev–Trinajstić information content (AvgIpc) is 3.34. The molecule has 3 aromatic rings. The Morgan fingerprint density at radius 1 is 1.21 bits per heavy atom. The zero-order valence-electron chi connectivity index (χ0n) is 19.0. The maximum atomic E-state index is 13.6. The highest BCUT2D eigenvalue weighted by Gasteiger charge is 2.35. The molecular weight excluding hydrogens is 444 g/mol. The van der Waals surface area contributed by atoms with E-state index >= 15 is 0 Å². The largest absolute Gasteiger partial charge is 0.493 e. The lowest BCUT2D eigenvalue weighted by Gasteiger charge is -2.26. The number of aromatic nitrogens is 1. The number of benzene rings is 1. The Balaban J connectivity index is 2.02. The third kappa shape index (κ3) is 4.00. The number of esters is 1. The molecule has 0 bridgehead atoms. The molecule has 1 aliphatic heterocycles. The van der Waals surface area contributed by atoms with Crippen molar-refractivity contribution in [3.63, 3.8) is 0 Å². The Morgan fingerprint density at radius 2 is 2.00 bits per heavy atom. The summed E-state index contributed by atoms with van der Waals surface area (Å²) < 4.78 is 24.0. The molecule has 0 radical (unpaired) electrons. The van der Waals surface area contributed by atoms with Crippen LogP contribution in [-0.2, 0) is 9.53 Å². The molecule has 0 aliphatic carbocycles. The SMILES string of the molecule is CCOC(=O)C1=C(C)N=c2s/c(=C\c3ccc(C)o3)c(=O)n2[C@H]1c1cccc(OC)c1OC. The molecule has 0 saturated carbocycles. The number of nitrogens with zero attached hydrogens (tertiary/aromatic N) is 2. The van der Waals surface area contributed by atoms with Gasteiger partial charge in [-0.3, -0.25) is 9.36 Å². The van der Waals surface area contributed by atoms with Crippen LogP contribution in [-0.4, -0.2) is 31.4 Å². The third-order valence-corrected chi connectivity index (χ3v) is 6.26. The number of ether oxygens (including phenoxy) is 3. The van der Waals surface area contributed by atoms with E-state index in [-0.39, 0.29) is 17.7 Å². The minimum absolute atomic E-state index is 0.194. The lowest BCUT2D eigenvalue weighted by atomic mass is 9.94. The summed E-state index contributed by atoms with van der Waals surface area (Å²) >= 11 is 1.23. The first-order chi connectivity index (χ1) is 15.9. The van der Waals surface area contributed by atoms with Gasteiger partial charge in [0.05, 0.1) is 36.6 Å². The van der Waals surface area contributed by atoms with Gasteiger partial charge >= 0.3 is 5.97 Å². The second-order valence-corrected chi connectivity index (χ2v) is 8.34. The van der Waals surface area contributed by atoms with Gasteiger partial charge in [-0.1, -0.05) is 23.5 Å². The number of carbonyl (C=O) groups excluding carboxylic acids is 1. The Hall–Kier alpha value is -3.59. The zero-order valence-corrected chi connectivity index (χ0v) is 19.8. The van der Waals surface area contributed by atoms with Crippen LogP contribution >= 0.6 is 11.3 Å². The minimum atomic E-state index is -0.800. The predicted molar refractivity (Wildman–Crippen MR) is 123 cm³/mol. The van der Waals surface area contributed by atoms with E-state index < -0.39 is 12.0 Å². The van der Waals surface area contributed by atoms with Gasteiger partial charge in [-0.15, -0.1) is 0 Å². The van der Waals surface area contributed by atoms with Crippen molar-refractivity contribution >= 4 is 23.4 Å². The van der Waals surface area contributed by atoms with E-state index in [1.54, 1.807) is 44.2 Å². The van der Waals surface area contributed by atoms with Crippen LogP contribution in [0.1, 0.15) is 37.0 Å². The summed E-state index contributed by atoms with van der Waals surface area (Å²) in [5.41, 5.74) is 1.05. The Kier molecular flexibility index (Phi) is 6.24. The van der Waals surface area contributed by atoms with Gasteiger partial charge < -0.3 is 18.6 Å². The van der Waals surface area contributed by atoms with Crippen molar-refractivity contribution < 1.29 is 23.4 Å². The molecule has 1 atom stereocenters. The Morgan fingerprint density at radius 3 is 2.64 bits per heavy atom. The Bertz CT molecular complexity index is 1430. The van der Waals surface area contributed by atoms with Crippen LogP contribution in [0.4, 0.5) is 0 Å². The summed E-state index contributed by atoms with van der Waals surface area (Å²) in [5.74, 6) is 1.69. The lowest BCUT2D eigenvalue weighted by Crippen LogP contribution is -2.40. The van der Waals surface area contributed by atoms with E-state index in [2.05, 4.69) is 4.99 Å². The summed E-state index contributed by atoms with van der Waals surface area (Å²) in [7, 11) is 3.05. The molecule has 8 nitrogen and oxygen atoms in total. The summed E-state index contributed by atoms with van der Waals surface area (Å²) in [4.78, 5) is 31.6. The van der Waals surface area contributed by atoms with Gasteiger partial charge in [-0.2, -0.15) is 0 Å². The second kappa shape index (κ2) is 9.11. The van der Waals surface area contributed by atoms with E-state index in [9.17, 15) is 9.59 Å². The van der Waals surface area contributed by atoms with E-state index in [0.717, 1.165) is 5.76 Å². The van der Waals surface area contributed by atoms with Crippen molar-refractivity contribution in [1.82, 2.24) is 4.57 Å². The number of rotatable bonds is 6. The molecule has 0 amide bonds. The molecule has 0 unspecified atom stereocenters. The monoisotopic (exact) mass is 468 g/mol. The van der Waals surface area contributed by atoms with Crippen LogP contribution in [0.5, 0.6) is 11.5 Å². The minimum Gasteiger partial charge on any atom is -0.493 e. The highest BCUT2D eigenvalue weighted by atomic mass is 32.1. The van der Waals surface area contributed by atoms with Crippen molar-refractivity contribution in [1.29, 1.82) is 0 Å². The van der Waals surface area contributed by atoms with Gasteiger partial charge in [-0.05, 0) is 39.0 Å². The summed E-state index contributed by atoms with van der Waals surface area (Å²) in [6.45, 7) is 5.50. The number of para-hydroxylation sites is 1. The second-order valence-electron chi connectivity index (χ2n) is 7.33. The number of carbonyl (C=O) groups is 1. The molecule has 0 fully saturated rings. The van der Waals surface area contributed by atoms with Crippen molar-refractivity contribution in [2.24, 2.45) is 4.99 Å². The van der Waals surface area contributed by atoms with Crippen molar-refractivity contribution in [3.05, 3.63) is 78.4 Å². The first-order valence-electron chi connectivity index (χ1n) is 10.4. The number of aryl methyl sites for hydroxylation is 1. The van der Waals surface area contributed by atoms with Crippen LogP contribution in [0.3, 0.4) is 0 Å². The standard InChI is InChI=1S/C24H24N2O6S/c1-6-31-23(28)19-14(3)25-24-26(20(19)16-8-7-9-17(29-4)21(16)30-5)22(27)18(33-24)12-15-11-10-13(2)32-15/h7-12,20H,6H2,1-5H3/b18-12-/t20-/m0/s1. The van der Waals surface area contributed by atoms with Crippen LogP contribution in [0.15, 0.2) is 55.8 Å². The molecule has 3 heterocycles. The predicted octanol–water partition coefficient (Wildman–Crippen LogP) is 2.72. The first kappa shape index (κ1) is 22.6. The van der Waals surface area contributed by atoms with E-state index in [4.69, 9.17) is 18.6 Å². The smallest absolute Gasteiger partial charge is 0.338 e. The molecule has 4 rings (SSSR count). The normalized spacial score (nSPS) is 15.8. The molecule has 0 spiro atoms. The molecule has 9 heteroatoms. The van der Waals surface area contributed by atoms with Crippen LogP contribution in [0.2, 0.25) is 0 Å². The van der Waals surface area contributed by atoms with Crippen molar-refractivity contribution in [2.75, 3.05) is 20.8 Å². The summed E-state index contributed by atoms with van der Waals surface area (Å²) in [6, 6.07) is 8.17. The molecule has 172 valence electrons. The fraction of sp³-hybridized carbons (Fsp3) is 0.292. The highest BCUT2D eigenvalue weighted by Crippen LogP contribution is 2.40. The summed E-state index contributed by atoms with van der Waals surface area (Å²) in [6.07, 6.45) is 1.68. The van der Waals surface area contributed by atoms with Crippen LogP contribution < -0.4 is 24.4 Å². The fourth-order valence-electron chi connectivity index (χ4n) is 3.87. The maximum absolute atomic E-state index is 13.6. The van der Waals surface area contributed by atoms with Gasteiger partial charge in [-0.25, -0.2) is 9.79 Å². The molecular formula is C24H24N2O6S. The summed E-state index contributed by atoms with van der Waals surface area (Å²) in [5, 5.41) is 0. The number of hydrogen-bond donors (Lipinski definition) is 0. The number of allylic oxidation sites excluding steroid dienone is 1. The number of methoxy groups -OCH3 is 2. The van der Waals surface area contributed by atoms with Crippen LogP contribution in [0, 0.1) is 6.92 Å². The molecule has 2 aromatic heterocycles. The first-order valence-corrected chi connectivity index (χ1v) is 11.2. The number of fused-ring (bicyclic) bond motifs is 1. The lowest BCUT2D eigenvalue weighted by molar-refractivity contribution is -0.139. The van der Waals surface area contributed by atoms with E-state index in [0.29, 0.717) is 37.9 Å².